The molecule has 2 amide bonds. The number of hydrogen-bond donors (Lipinski definition) is 2. The zero-order chi connectivity index (χ0) is 16.1. The number of piperazine rings is 1. The molecule has 5 nitrogen and oxygen atoms in total. The molecule has 2 aromatic rings. The molecule has 1 aliphatic heterocycles. The van der Waals surface area contributed by atoms with Crippen LogP contribution in [-0.4, -0.2) is 44.2 Å². The van der Waals surface area contributed by atoms with Crippen molar-refractivity contribution in [3.63, 3.8) is 0 Å². The maximum absolute atomic E-state index is 12.0. The van der Waals surface area contributed by atoms with Crippen molar-refractivity contribution >= 4 is 23.1 Å². The topological polar surface area (TPSA) is 47.6 Å². The number of anilines is 3. The molecule has 2 N–H and O–H groups in total. The van der Waals surface area contributed by atoms with Crippen LogP contribution in [0.5, 0.6) is 0 Å². The van der Waals surface area contributed by atoms with E-state index in [9.17, 15) is 4.79 Å². The highest BCUT2D eigenvalue weighted by Crippen LogP contribution is 2.19. The maximum atomic E-state index is 12.0. The van der Waals surface area contributed by atoms with Gasteiger partial charge in [0.1, 0.15) is 0 Å². The van der Waals surface area contributed by atoms with E-state index in [1.165, 1.54) is 5.69 Å². The quantitative estimate of drug-likeness (QED) is 0.916. The number of carbonyl (C=O) groups is 1. The standard InChI is InChI=1S/C18H22N4O/c1-21-11-13-22(14-12-21)17-9-7-16(8-10-17)20-18(23)19-15-5-3-2-4-6-15/h2-10H,11-14H2,1H3,(H2,19,20,23). The number of nitrogens with one attached hydrogen (secondary N) is 2. The maximum Gasteiger partial charge on any atom is 0.323 e. The van der Waals surface area contributed by atoms with Crippen molar-refractivity contribution in [1.29, 1.82) is 0 Å². The fourth-order valence-electron chi connectivity index (χ4n) is 2.64. The normalized spacial score (nSPS) is 15.3. The molecule has 1 saturated heterocycles. The molecule has 1 heterocycles. The van der Waals surface area contributed by atoms with Crippen molar-refractivity contribution < 1.29 is 4.79 Å². The molecule has 2 aromatic carbocycles. The first kappa shape index (κ1) is 15.4. The van der Waals surface area contributed by atoms with Gasteiger partial charge in [-0.1, -0.05) is 18.2 Å². The van der Waals surface area contributed by atoms with Crippen molar-refractivity contribution in [3.8, 4) is 0 Å². The third-order valence-corrected chi connectivity index (χ3v) is 4.03. The highest BCUT2D eigenvalue weighted by Gasteiger charge is 2.14. The van der Waals surface area contributed by atoms with Gasteiger partial charge in [-0.2, -0.15) is 0 Å². The molecule has 0 aromatic heterocycles. The molecular formula is C18H22N4O. The Morgan fingerprint density at radius 1 is 0.826 bits per heavy atom. The van der Waals surface area contributed by atoms with E-state index in [2.05, 4.69) is 39.6 Å². The predicted molar refractivity (Wildman–Crippen MR) is 95.2 cm³/mol. The molecule has 0 atom stereocenters. The highest BCUT2D eigenvalue weighted by atomic mass is 16.2. The van der Waals surface area contributed by atoms with E-state index in [-0.39, 0.29) is 6.03 Å². The van der Waals surface area contributed by atoms with E-state index in [1.807, 2.05) is 42.5 Å². The highest BCUT2D eigenvalue weighted by molar-refractivity contribution is 5.99. The zero-order valence-corrected chi connectivity index (χ0v) is 13.3. The van der Waals surface area contributed by atoms with Crippen LogP contribution in [0.4, 0.5) is 21.9 Å². The van der Waals surface area contributed by atoms with Gasteiger partial charge in [0, 0.05) is 43.2 Å². The van der Waals surface area contributed by atoms with Crippen LogP contribution < -0.4 is 15.5 Å². The lowest BCUT2D eigenvalue weighted by Crippen LogP contribution is -2.44. The fourth-order valence-corrected chi connectivity index (χ4v) is 2.64. The summed E-state index contributed by atoms with van der Waals surface area (Å²) in [5.74, 6) is 0. The van der Waals surface area contributed by atoms with Gasteiger partial charge >= 0.3 is 6.03 Å². The van der Waals surface area contributed by atoms with Crippen LogP contribution >= 0.6 is 0 Å². The second kappa shape index (κ2) is 7.15. The van der Waals surface area contributed by atoms with Crippen molar-refractivity contribution in [3.05, 3.63) is 54.6 Å². The zero-order valence-electron chi connectivity index (χ0n) is 13.3. The van der Waals surface area contributed by atoms with Gasteiger partial charge in [0.15, 0.2) is 0 Å². The van der Waals surface area contributed by atoms with Crippen LogP contribution in [0.3, 0.4) is 0 Å². The van der Waals surface area contributed by atoms with Gasteiger partial charge < -0.3 is 20.4 Å². The van der Waals surface area contributed by atoms with Gasteiger partial charge in [0.25, 0.3) is 0 Å². The number of nitrogens with zero attached hydrogens (tertiary/aromatic N) is 2. The molecule has 3 rings (SSSR count). The lowest BCUT2D eigenvalue weighted by molar-refractivity contribution is 0.262. The average Bonchev–Trinajstić information content (AvgIpc) is 2.57. The molecule has 23 heavy (non-hydrogen) atoms. The smallest absolute Gasteiger partial charge is 0.323 e. The van der Waals surface area contributed by atoms with E-state index < -0.39 is 0 Å². The number of benzene rings is 2. The largest absolute Gasteiger partial charge is 0.369 e. The molecular weight excluding hydrogens is 288 g/mol. The van der Waals surface area contributed by atoms with E-state index in [1.54, 1.807) is 0 Å². The Morgan fingerprint density at radius 2 is 1.39 bits per heavy atom. The summed E-state index contributed by atoms with van der Waals surface area (Å²) in [6.07, 6.45) is 0. The molecule has 0 aliphatic carbocycles. The molecule has 0 spiro atoms. The number of amides is 2. The number of likely N-dealkylation sites (N-methyl/N-ethyl adjacent to an activating group) is 1. The Balaban J connectivity index is 1.56. The van der Waals surface area contributed by atoms with Gasteiger partial charge in [0.2, 0.25) is 0 Å². The van der Waals surface area contributed by atoms with Gasteiger partial charge in [-0.05, 0) is 43.4 Å². The van der Waals surface area contributed by atoms with Crippen LogP contribution in [0.1, 0.15) is 0 Å². The van der Waals surface area contributed by atoms with Crippen molar-refractivity contribution in [2.75, 3.05) is 48.8 Å². The number of rotatable bonds is 3. The minimum Gasteiger partial charge on any atom is -0.369 e. The lowest BCUT2D eigenvalue weighted by atomic mass is 10.2. The third kappa shape index (κ3) is 4.23. The summed E-state index contributed by atoms with van der Waals surface area (Å²) in [7, 11) is 2.15. The summed E-state index contributed by atoms with van der Waals surface area (Å²) >= 11 is 0. The molecule has 0 unspecified atom stereocenters. The summed E-state index contributed by atoms with van der Waals surface area (Å²) < 4.78 is 0. The molecule has 120 valence electrons. The Morgan fingerprint density at radius 3 is 2.00 bits per heavy atom. The van der Waals surface area contributed by atoms with E-state index in [0.29, 0.717) is 0 Å². The fraction of sp³-hybridized carbons (Fsp3) is 0.278. The van der Waals surface area contributed by atoms with Crippen molar-refractivity contribution in [2.45, 2.75) is 0 Å². The third-order valence-electron chi connectivity index (χ3n) is 4.03. The molecule has 1 aliphatic rings. The molecule has 1 fully saturated rings. The van der Waals surface area contributed by atoms with Crippen molar-refractivity contribution in [2.24, 2.45) is 0 Å². The molecule has 0 bridgehead atoms. The van der Waals surface area contributed by atoms with E-state index >= 15 is 0 Å². The SMILES string of the molecule is CN1CCN(c2ccc(NC(=O)Nc3ccccc3)cc2)CC1. The summed E-state index contributed by atoms with van der Waals surface area (Å²) in [6, 6.07) is 17.2. The van der Waals surface area contributed by atoms with Crippen LogP contribution in [0.2, 0.25) is 0 Å². The van der Waals surface area contributed by atoms with Crippen LogP contribution in [0.25, 0.3) is 0 Å². The van der Waals surface area contributed by atoms with Crippen LogP contribution in [0.15, 0.2) is 54.6 Å². The Bertz CT molecular complexity index is 634. The predicted octanol–water partition coefficient (Wildman–Crippen LogP) is 3.08. The minimum absolute atomic E-state index is 0.233. The Hall–Kier alpha value is -2.53. The molecule has 5 heteroatoms. The summed E-state index contributed by atoms with van der Waals surface area (Å²) in [5, 5.41) is 5.66. The van der Waals surface area contributed by atoms with E-state index in [0.717, 1.165) is 37.6 Å². The monoisotopic (exact) mass is 310 g/mol. The second-order valence-corrected chi connectivity index (χ2v) is 5.78. The molecule has 0 saturated carbocycles. The summed E-state index contributed by atoms with van der Waals surface area (Å²) in [4.78, 5) is 16.7. The second-order valence-electron chi connectivity index (χ2n) is 5.78. The first-order valence-electron chi connectivity index (χ1n) is 7.87. The van der Waals surface area contributed by atoms with Gasteiger partial charge in [-0.3, -0.25) is 0 Å². The summed E-state index contributed by atoms with van der Waals surface area (Å²) in [5.41, 5.74) is 2.77. The Labute approximate surface area is 136 Å². The van der Waals surface area contributed by atoms with Gasteiger partial charge in [-0.25, -0.2) is 4.79 Å². The van der Waals surface area contributed by atoms with Gasteiger partial charge in [-0.15, -0.1) is 0 Å². The first-order chi connectivity index (χ1) is 11.2. The van der Waals surface area contributed by atoms with Crippen molar-refractivity contribution in [1.82, 2.24) is 4.90 Å². The number of para-hydroxylation sites is 1. The Kier molecular flexibility index (Phi) is 4.78. The lowest BCUT2D eigenvalue weighted by Gasteiger charge is -2.34. The average molecular weight is 310 g/mol. The van der Waals surface area contributed by atoms with E-state index in [4.69, 9.17) is 0 Å². The first-order valence-corrected chi connectivity index (χ1v) is 7.87. The van der Waals surface area contributed by atoms with Crippen LogP contribution in [0, 0.1) is 0 Å². The van der Waals surface area contributed by atoms with Crippen LogP contribution in [-0.2, 0) is 0 Å². The molecule has 0 radical (unpaired) electrons. The number of urea groups is 1. The number of hydrogen-bond acceptors (Lipinski definition) is 3. The number of carbonyl (C=O) groups excluding carboxylic acids is 1. The summed E-state index contributed by atoms with van der Waals surface area (Å²) in [6.45, 7) is 4.24. The minimum atomic E-state index is -0.233. The van der Waals surface area contributed by atoms with Gasteiger partial charge in [0.05, 0.1) is 0 Å².